The molecule has 0 unspecified atom stereocenters. The number of aryl methyl sites for hydroxylation is 2. The first kappa shape index (κ1) is 26.2. The summed E-state index contributed by atoms with van der Waals surface area (Å²) in [5.74, 6) is 1.49. The maximum absolute atomic E-state index is 6.63. The molecule has 3 heterocycles. The lowest BCUT2D eigenvalue weighted by atomic mass is 9.88. The summed E-state index contributed by atoms with van der Waals surface area (Å²) in [6, 6.07) is 30.3. The maximum atomic E-state index is 6.63. The van der Waals surface area contributed by atoms with Crippen molar-refractivity contribution in [2.45, 2.75) is 53.4 Å². The van der Waals surface area contributed by atoms with E-state index in [4.69, 9.17) is 9.40 Å². The van der Waals surface area contributed by atoms with E-state index < -0.39 is 0 Å². The Morgan fingerprint density at radius 2 is 1.43 bits per heavy atom. The van der Waals surface area contributed by atoms with Gasteiger partial charge in [-0.05, 0) is 83.8 Å². The Balaban J connectivity index is 1.60. The maximum Gasteiger partial charge on any atom is 0.149 e. The Morgan fingerprint density at radius 3 is 2.14 bits per heavy atom. The smallest absolute Gasteiger partial charge is 0.149 e. The summed E-state index contributed by atoms with van der Waals surface area (Å²) in [6.45, 7) is 13.3. The molecule has 0 radical (unpaired) electrons. The normalized spacial score (nSPS) is 12.0. The standard InChI is InChI=1S/C38H35N3O/c1-22(2)29-19-27(26-12-8-7-9-13-26)20-30(23(3)4)36(29)41-33-15-11-10-14-32(33)40-38(41)28-17-16-24(5)35-31-21-39-25(6)18-34(31)42-37(28)35/h7-23H,1-6H3. The molecular weight excluding hydrogens is 514 g/mol. The highest BCUT2D eigenvalue weighted by molar-refractivity contribution is 6.11. The fourth-order valence-corrected chi connectivity index (χ4v) is 6.26. The first-order chi connectivity index (χ1) is 20.3. The number of furan rings is 1. The van der Waals surface area contributed by atoms with Gasteiger partial charge in [0.05, 0.1) is 22.3 Å². The monoisotopic (exact) mass is 549 g/mol. The minimum atomic E-state index is 0.300. The van der Waals surface area contributed by atoms with Crippen LogP contribution in [-0.4, -0.2) is 14.5 Å². The molecule has 0 fully saturated rings. The number of hydrogen-bond donors (Lipinski definition) is 0. The molecule has 7 aromatic rings. The first-order valence-electron chi connectivity index (χ1n) is 14.8. The van der Waals surface area contributed by atoms with Crippen LogP contribution < -0.4 is 0 Å². The quantitative estimate of drug-likeness (QED) is 0.214. The van der Waals surface area contributed by atoms with Gasteiger partial charge in [-0.3, -0.25) is 9.55 Å². The van der Waals surface area contributed by atoms with Gasteiger partial charge in [-0.2, -0.15) is 0 Å². The number of nitrogens with zero attached hydrogens (tertiary/aromatic N) is 3. The van der Waals surface area contributed by atoms with E-state index in [1.165, 1.54) is 33.5 Å². The molecule has 0 saturated heterocycles. The number of imidazole rings is 1. The zero-order valence-corrected chi connectivity index (χ0v) is 25.1. The van der Waals surface area contributed by atoms with Crippen molar-refractivity contribution in [1.29, 1.82) is 0 Å². The molecule has 0 aliphatic carbocycles. The van der Waals surface area contributed by atoms with E-state index in [0.29, 0.717) is 11.8 Å². The minimum Gasteiger partial charge on any atom is -0.455 e. The molecule has 4 aromatic carbocycles. The van der Waals surface area contributed by atoms with E-state index in [0.717, 1.165) is 50.1 Å². The van der Waals surface area contributed by atoms with Crippen molar-refractivity contribution in [3.63, 3.8) is 0 Å². The molecular formula is C38H35N3O. The SMILES string of the molecule is Cc1cc2oc3c(-c4nc5ccccc5n4-c4c(C(C)C)cc(-c5ccccc5)cc4C(C)C)ccc(C)c3c2cn1. The van der Waals surface area contributed by atoms with Crippen molar-refractivity contribution in [3.05, 3.63) is 114 Å². The Hall–Kier alpha value is -4.70. The molecule has 4 nitrogen and oxygen atoms in total. The fourth-order valence-electron chi connectivity index (χ4n) is 6.26. The minimum absolute atomic E-state index is 0.300. The number of pyridine rings is 1. The molecule has 0 atom stereocenters. The predicted octanol–water partition coefficient (Wildman–Crippen LogP) is 10.5. The van der Waals surface area contributed by atoms with Gasteiger partial charge in [0.15, 0.2) is 0 Å². The van der Waals surface area contributed by atoms with E-state index in [-0.39, 0.29) is 0 Å². The van der Waals surface area contributed by atoms with Gasteiger partial charge < -0.3 is 4.42 Å². The van der Waals surface area contributed by atoms with Gasteiger partial charge in [-0.25, -0.2) is 4.98 Å². The molecule has 0 aliphatic rings. The van der Waals surface area contributed by atoms with Crippen LogP contribution in [0.4, 0.5) is 0 Å². The van der Waals surface area contributed by atoms with Crippen LogP contribution >= 0.6 is 0 Å². The Morgan fingerprint density at radius 1 is 0.738 bits per heavy atom. The number of para-hydroxylation sites is 2. The van der Waals surface area contributed by atoms with Crippen LogP contribution in [-0.2, 0) is 0 Å². The van der Waals surface area contributed by atoms with Gasteiger partial charge in [0, 0.05) is 28.7 Å². The highest BCUT2D eigenvalue weighted by Crippen LogP contribution is 2.43. The third-order valence-electron chi connectivity index (χ3n) is 8.40. The van der Waals surface area contributed by atoms with Gasteiger partial charge in [-0.1, -0.05) is 76.2 Å². The second-order valence-electron chi connectivity index (χ2n) is 12.0. The van der Waals surface area contributed by atoms with Crippen LogP contribution in [0, 0.1) is 13.8 Å². The first-order valence-corrected chi connectivity index (χ1v) is 14.8. The molecule has 0 N–H and O–H groups in total. The molecule has 4 heteroatoms. The van der Waals surface area contributed by atoms with Crippen LogP contribution in [0.2, 0.25) is 0 Å². The average Bonchev–Trinajstić information content (AvgIpc) is 3.56. The van der Waals surface area contributed by atoms with Crippen LogP contribution in [0.15, 0.2) is 95.5 Å². The number of hydrogen-bond acceptors (Lipinski definition) is 3. The molecule has 3 aromatic heterocycles. The van der Waals surface area contributed by atoms with E-state index in [1.807, 2.05) is 19.2 Å². The molecule has 208 valence electrons. The van der Waals surface area contributed by atoms with Crippen molar-refractivity contribution < 1.29 is 4.42 Å². The molecule has 0 saturated carbocycles. The van der Waals surface area contributed by atoms with Gasteiger partial charge in [0.1, 0.15) is 17.0 Å². The van der Waals surface area contributed by atoms with Gasteiger partial charge in [0.2, 0.25) is 0 Å². The van der Waals surface area contributed by atoms with Gasteiger partial charge in [0.25, 0.3) is 0 Å². The molecule has 7 rings (SSSR count). The summed E-state index contributed by atoms with van der Waals surface area (Å²) in [4.78, 5) is 9.88. The number of aromatic nitrogens is 3. The Bertz CT molecular complexity index is 2080. The summed E-state index contributed by atoms with van der Waals surface area (Å²) < 4.78 is 9.01. The van der Waals surface area contributed by atoms with Crippen molar-refractivity contribution in [1.82, 2.24) is 14.5 Å². The zero-order valence-electron chi connectivity index (χ0n) is 25.1. The summed E-state index contributed by atoms with van der Waals surface area (Å²) in [6.07, 6.45) is 1.94. The molecule has 42 heavy (non-hydrogen) atoms. The lowest BCUT2D eigenvalue weighted by molar-refractivity contribution is 0.668. The van der Waals surface area contributed by atoms with Gasteiger partial charge in [-0.15, -0.1) is 0 Å². The molecule has 0 aliphatic heterocycles. The van der Waals surface area contributed by atoms with E-state index in [9.17, 15) is 0 Å². The summed E-state index contributed by atoms with van der Waals surface area (Å²) in [5, 5.41) is 2.14. The number of fused-ring (bicyclic) bond motifs is 4. The fraction of sp³-hybridized carbons (Fsp3) is 0.211. The largest absolute Gasteiger partial charge is 0.455 e. The lowest BCUT2D eigenvalue weighted by Gasteiger charge is -2.24. The highest BCUT2D eigenvalue weighted by atomic mass is 16.3. The van der Waals surface area contributed by atoms with Crippen LogP contribution in [0.3, 0.4) is 0 Å². The van der Waals surface area contributed by atoms with Crippen molar-refractivity contribution in [3.8, 4) is 28.2 Å². The average molecular weight is 550 g/mol. The van der Waals surface area contributed by atoms with Crippen molar-refractivity contribution in [2.24, 2.45) is 0 Å². The molecule has 0 spiro atoms. The third-order valence-corrected chi connectivity index (χ3v) is 8.40. The summed E-state index contributed by atoms with van der Waals surface area (Å²) in [7, 11) is 0. The van der Waals surface area contributed by atoms with Crippen LogP contribution in [0.25, 0.3) is 61.2 Å². The number of rotatable bonds is 5. The summed E-state index contributed by atoms with van der Waals surface area (Å²) in [5.41, 5.74) is 13.1. The Kier molecular flexibility index (Phi) is 6.23. The highest BCUT2D eigenvalue weighted by Gasteiger charge is 2.25. The van der Waals surface area contributed by atoms with E-state index in [2.05, 4.69) is 123 Å². The zero-order chi connectivity index (χ0) is 29.1. The van der Waals surface area contributed by atoms with E-state index in [1.54, 1.807) is 0 Å². The van der Waals surface area contributed by atoms with E-state index >= 15 is 0 Å². The van der Waals surface area contributed by atoms with Crippen LogP contribution in [0.1, 0.15) is 61.9 Å². The topological polar surface area (TPSA) is 43.9 Å². The third kappa shape index (κ3) is 4.13. The number of benzene rings is 4. The van der Waals surface area contributed by atoms with Gasteiger partial charge >= 0.3 is 0 Å². The molecule has 0 bridgehead atoms. The van der Waals surface area contributed by atoms with Crippen molar-refractivity contribution in [2.75, 3.05) is 0 Å². The second-order valence-corrected chi connectivity index (χ2v) is 12.0. The predicted molar refractivity (Wildman–Crippen MR) is 175 cm³/mol. The second kappa shape index (κ2) is 9.99. The van der Waals surface area contributed by atoms with Crippen molar-refractivity contribution >= 4 is 33.0 Å². The van der Waals surface area contributed by atoms with Crippen LogP contribution in [0.5, 0.6) is 0 Å². The lowest BCUT2D eigenvalue weighted by Crippen LogP contribution is -2.09. The summed E-state index contributed by atoms with van der Waals surface area (Å²) >= 11 is 0. The Labute approximate surface area is 246 Å². The molecule has 0 amide bonds.